The van der Waals surface area contributed by atoms with Crippen LogP contribution in [0.4, 0.5) is 0 Å². The van der Waals surface area contributed by atoms with Crippen LogP contribution in [0.5, 0.6) is 0 Å². The molecule has 0 saturated carbocycles. The predicted octanol–water partition coefficient (Wildman–Crippen LogP) is -0.617. The van der Waals surface area contributed by atoms with Crippen LogP contribution in [-0.4, -0.2) is 11.8 Å². The molecule has 1 atom stereocenters. The highest BCUT2D eigenvalue weighted by atomic mass is 15.4. The fraction of sp³-hybridized carbons (Fsp3) is 0.167. The highest BCUT2D eigenvalue weighted by Gasteiger charge is 2.23. The summed E-state index contributed by atoms with van der Waals surface area (Å²) < 4.78 is 0. The minimum absolute atomic E-state index is 0.231. The third-order valence-corrected chi connectivity index (χ3v) is 1.36. The third kappa shape index (κ3) is 0.614. The number of nitrogens with one attached hydrogen (secondary N) is 1. The van der Waals surface area contributed by atoms with Crippen LogP contribution in [0.1, 0.15) is 0 Å². The predicted molar refractivity (Wildman–Crippen MR) is 32.9 cm³/mol. The Morgan fingerprint density at radius 3 is 3.33 bits per heavy atom. The zero-order valence-corrected chi connectivity index (χ0v) is 4.78. The normalized spacial score (nSPS) is 28.4. The summed E-state index contributed by atoms with van der Waals surface area (Å²) in [6.45, 7) is 0. The maximum absolute atomic E-state index is 3.85. The summed E-state index contributed by atoms with van der Waals surface area (Å²) in [5.41, 5.74) is 0.998. The van der Waals surface area contributed by atoms with Gasteiger partial charge in [-0.25, -0.2) is 0 Å². The van der Waals surface area contributed by atoms with Gasteiger partial charge in [0.15, 0.2) is 0 Å². The van der Waals surface area contributed by atoms with Crippen LogP contribution in [0.2, 0.25) is 0 Å². The second-order valence-corrected chi connectivity index (χ2v) is 1.98. The zero-order valence-electron chi connectivity index (χ0n) is 4.78. The summed E-state index contributed by atoms with van der Waals surface area (Å²) in [6.07, 6.45) is 7.92. The van der Waals surface area contributed by atoms with E-state index in [0.29, 0.717) is 0 Å². The molecule has 1 unspecified atom stereocenters. The first-order valence-corrected chi connectivity index (χ1v) is 2.85. The molecule has 0 bridgehead atoms. The Bertz CT molecular complexity index is 235. The molecule has 0 radical (unpaired) electrons. The molecule has 3 heteroatoms. The number of hydrogen-bond acceptors (Lipinski definition) is 2. The molecule has 9 heavy (non-hydrogen) atoms. The van der Waals surface area contributed by atoms with Gasteiger partial charge in [0.2, 0.25) is 11.8 Å². The Hall–Kier alpha value is -1.25. The fourth-order valence-corrected chi connectivity index (χ4v) is 0.885. The summed E-state index contributed by atoms with van der Waals surface area (Å²) >= 11 is 0. The van der Waals surface area contributed by atoms with Gasteiger partial charge < -0.3 is 0 Å². The number of rotatable bonds is 0. The number of allylic oxidation sites excluding steroid dienone is 2. The van der Waals surface area contributed by atoms with Gasteiger partial charge in [-0.15, -0.1) is 0 Å². The quantitative estimate of drug-likeness (QED) is 0.442. The van der Waals surface area contributed by atoms with Crippen molar-refractivity contribution >= 4 is 5.71 Å². The molecule has 2 rings (SSSR count). The number of fused-ring (bicyclic) bond motifs is 1. The number of nitrogens with zero attached hydrogens (tertiary/aromatic N) is 2. The average molecular weight is 120 g/mol. The summed E-state index contributed by atoms with van der Waals surface area (Å²) in [4.78, 5) is 0. The van der Waals surface area contributed by atoms with Crippen molar-refractivity contribution in [3.8, 4) is 0 Å². The summed E-state index contributed by atoms with van der Waals surface area (Å²) in [6, 6.07) is 0.231. The van der Waals surface area contributed by atoms with Crippen LogP contribution in [-0.2, 0) is 0 Å². The molecule has 1 aliphatic heterocycles. The van der Waals surface area contributed by atoms with Crippen LogP contribution >= 0.6 is 0 Å². The fourth-order valence-electron chi connectivity index (χ4n) is 0.885. The lowest BCUT2D eigenvalue weighted by Crippen LogP contribution is -2.73. The van der Waals surface area contributed by atoms with Gasteiger partial charge in [-0.05, 0) is 12.2 Å². The van der Waals surface area contributed by atoms with Gasteiger partial charge >= 0.3 is 0 Å². The molecular weight excluding hydrogens is 114 g/mol. The van der Waals surface area contributed by atoms with Crippen LogP contribution in [0.3, 0.4) is 0 Å². The van der Waals surface area contributed by atoms with Crippen LogP contribution in [0.25, 0.3) is 0 Å². The third-order valence-electron chi connectivity index (χ3n) is 1.36. The molecule has 1 aliphatic carbocycles. The van der Waals surface area contributed by atoms with E-state index in [1.807, 2.05) is 24.3 Å². The smallest absolute Gasteiger partial charge is 0.163 e. The monoisotopic (exact) mass is 120 g/mol. The van der Waals surface area contributed by atoms with Crippen molar-refractivity contribution in [3.63, 3.8) is 0 Å². The van der Waals surface area contributed by atoms with Gasteiger partial charge in [0.25, 0.3) is 0 Å². The minimum Gasteiger partial charge on any atom is -0.163 e. The summed E-state index contributed by atoms with van der Waals surface area (Å²) in [7, 11) is 0. The minimum atomic E-state index is 0.231. The molecule has 0 aromatic rings. The summed E-state index contributed by atoms with van der Waals surface area (Å²) in [5.74, 6) is 0. The van der Waals surface area contributed by atoms with E-state index < -0.39 is 0 Å². The molecule has 0 amide bonds. The van der Waals surface area contributed by atoms with Gasteiger partial charge in [0, 0.05) is 0 Å². The number of hydrogen-bond donors (Lipinski definition) is 1. The Labute approximate surface area is 52.5 Å². The maximum atomic E-state index is 3.85. The van der Waals surface area contributed by atoms with Gasteiger partial charge in [-0.1, -0.05) is 12.2 Å². The molecule has 1 heterocycles. The van der Waals surface area contributed by atoms with Crippen molar-refractivity contribution < 1.29 is 5.11 Å². The standard InChI is InChI=1S/C6H5N3/c1-2-4-6-5(3-1)7-9-8-6/h1-5H/p+1. The molecule has 0 fully saturated rings. The SMILES string of the molecule is C1=CC2=NN=[NH+]C2C=C1. The van der Waals surface area contributed by atoms with Gasteiger partial charge in [-0.2, -0.15) is 5.11 Å². The molecule has 0 aromatic carbocycles. The summed E-state index contributed by atoms with van der Waals surface area (Å²) in [5, 5.41) is 10.4. The Morgan fingerprint density at radius 1 is 1.44 bits per heavy atom. The Balaban J connectivity index is 2.40. The van der Waals surface area contributed by atoms with Crippen LogP contribution in [0, 0.1) is 0 Å². The van der Waals surface area contributed by atoms with Crippen molar-refractivity contribution in [1.82, 2.24) is 0 Å². The Morgan fingerprint density at radius 2 is 2.44 bits per heavy atom. The first kappa shape index (κ1) is 4.61. The molecule has 0 spiro atoms. The zero-order chi connectivity index (χ0) is 6.10. The molecular formula is C6H6N3+. The molecule has 0 aromatic heterocycles. The van der Waals surface area contributed by atoms with Crippen LogP contribution < -0.4 is 5.11 Å². The van der Waals surface area contributed by atoms with Gasteiger partial charge in [-0.3, -0.25) is 0 Å². The van der Waals surface area contributed by atoms with E-state index in [9.17, 15) is 0 Å². The van der Waals surface area contributed by atoms with E-state index in [0.717, 1.165) is 5.71 Å². The van der Waals surface area contributed by atoms with Crippen molar-refractivity contribution in [2.75, 3.05) is 0 Å². The van der Waals surface area contributed by atoms with E-state index in [4.69, 9.17) is 0 Å². The van der Waals surface area contributed by atoms with Crippen LogP contribution in [0.15, 0.2) is 34.6 Å². The maximum Gasteiger partial charge on any atom is 0.230 e. The van der Waals surface area contributed by atoms with E-state index in [-0.39, 0.29) is 6.04 Å². The molecule has 2 aliphatic rings. The first-order valence-electron chi connectivity index (χ1n) is 2.85. The lowest BCUT2D eigenvalue weighted by Gasteiger charge is -1.94. The van der Waals surface area contributed by atoms with E-state index in [2.05, 4.69) is 15.4 Å². The largest absolute Gasteiger partial charge is 0.230 e. The Kier molecular flexibility index (Phi) is 0.828. The topological polar surface area (TPSA) is 38.7 Å². The van der Waals surface area contributed by atoms with Crippen molar-refractivity contribution in [1.29, 1.82) is 0 Å². The molecule has 1 N–H and O–H groups in total. The molecule has 44 valence electrons. The van der Waals surface area contributed by atoms with Gasteiger partial charge in [0.1, 0.15) is 5.22 Å². The van der Waals surface area contributed by atoms with E-state index in [1.54, 1.807) is 0 Å². The average Bonchev–Trinajstić information content (AvgIpc) is 2.33. The van der Waals surface area contributed by atoms with E-state index in [1.165, 1.54) is 0 Å². The highest BCUT2D eigenvalue weighted by Crippen LogP contribution is 1.99. The van der Waals surface area contributed by atoms with Crippen molar-refractivity contribution in [3.05, 3.63) is 24.3 Å². The van der Waals surface area contributed by atoms with E-state index >= 15 is 0 Å². The lowest BCUT2D eigenvalue weighted by molar-refractivity contribution is -0.537. The molecule has 0 saturated heterocycles. The lowest BCUT2D eigenvalue weighted by atomic mass is 10.1. The molecule has 3 nitrogen and oxygen atoms in total. The van der Waals surface area contributed by atoms with Crippen molar-refractivity contribution in [2.24, 2.45) is 10.3 Å². The second-order valence-electron chi connectivity index (χ2n) is 1.98. The highest BCUT2D eigenvalue weighted by molar-refractivity contribution is 6.00. The first-order chi connectivity index (χ1) is 4.47. The van der Waals surface area contributed by atoms with Gasteiger partial charge in [0.05, 0.1) is 5.10 Å². The second kappa shape index (κ2) is 1.62. The van der Waals surface area contributed by atoms with Crippen molar-refractivity contribution in [2.45, 2.75) is 6.04 Å².